The Hall–Kier alpha value is -0.120. The van der Waals surface area contributed by atoms with Crippen LogP contribution in [0.25, 0.3) is 0 Å². The highest BCUT2D eigenvalue weighted by atomic mass is 15.3. The molecule has 2 aliphatic rings. The Bertz CT molecular complexity index is 209. The molecule has 1 saturated heterocycles. The molecule has 0 aromatic carbocycles. The lowest BCUT2D eigenvalue weighted by atomic mass is 9.89. The molecule has 94 valence electrons. The SMILES string of the molecule is CC(C)N1CCN(C2CCCC[C@@H]2N)CC1. The summed E-state index contributed by atoms with van der Waals surface area (Å²) in [5.74, 6) is 0. The zero-order chi connectivity index (χ0) is 11.5. The maximum atomic E-state index is 6.25. The van der Waals surface area contributed by atoms with Gasteiger partial charge in [-0.05, 0) is 26.7 Å². The monoisotopic (exact) mass is 225 g/mol. The van der Waals surface area contributed by atoms with Gasteiger partial charge in [0.1, 0.15) is 0 Å². The third-order valence-electron chi connectivity index (χ3n) is 4.33. The van der Waals surface area contributed by atoms with E-state index in [1.165, 1.54) is 51.9 Å². The summed E-state index contributed by atoms with van der Waals surface area (Å²) >= 11 is 0. The lowest BCUT2D eigenvalue weighted by Gasteiger charge is -2.44. The van der Waals surface area contributed by atoms with E-state index < -0.39 is 0 Å². The van der Waals surface area contributed by atoms with Crippen molar-refractivity contribution in [3.05, 3.63) is 0 Å². The Morgan fingerprint density at radius 1 is 1.00 bits per heavy atom. The van der Waals surface area contributed by atoms with Gasteiger partial charge in [0.15, 0.2) is 0 Å². The number of nitrogens with zero attached hydrogens (tertiary/aromatic N) is 2. The topological polar surface area (TPSA) is 32.5 Å². The van der Waals surface area contributed by atoms with Gasteiger partial charge in [-0.3, -0.25) is 9.80 Å². The quantitative estimate of drug-likeness (QED) is 0.768. The second-order valence-corrected chi connectivity index (χ2v) is 5.68. The molecule has 0 amide bonds. The van der Waals surface area contributed by atoms with E-state index >= 15 is 0 Å². The third kappa shape index (κ3) is 2.76. The minimum absolute atomic E-state index is 0.430. The van der Waals surface area contributed by atoms with Crippen molar-refractivity contribution in [1.82, 2.24) is 9.80 Å². The van der Waals surface area contributed by atoms with Gasteiger partial charge in [0.05, 0.1) is 0 Å². The van der Waals surface area contributed by atoms with Crippen molar-refractivity contribution in [3.63, 3.8) is 0 Å². The van der Waals surface area contributed by atoms with Gasteiger partial charge in [-0.1, -0.05) is 12.8 Å². The Morgan fingerprint density at radius 3 is 2.19 bits per heavy atom. The van der Waals surface area contributed by atoms with Gasteiger partial charge in [0.25, 0.3) is 0 Å². The minimum Gasteiger partial charge on any atom is -0.326 e. The second kappa shape index (κ2) is 5.48. The number of piperazine rings is 1. The molecule has 0 bridgehead atoms. The number of nitrogens with two attached hydrogens (primary N) is 1. The highest BCUT2D eigenvalue weighted by Crippen LogP contribution is 2.23. The molecular weight excluding hydrogens is 198 g/mol. The van der Waals surface area contributed by atoms with Crippen molar-refractivity contribution in [2.45, 2.75) is 57.7 Å². The average Bonchev–Trinajstić information content (AvgIpc) is 2.30. The highest BCUT2D eigenvalue weighted by molar-refractivity contribution is 4.88. The fourth-order valence-electron chi connectivity index (χ4n) is 3.18. The maximum absolute atomic E-state index is 6.25. The van der Waals surface area contributed by atoms with E-state index in [-0.39, 0.29) is 0 Å². The zero-order valence-electron chi connectivity index (χ0n) is 10.9. The van der Waals surface area contributed by atoms with Gasteiger partial charge in [-0.15, -0.1) is 0 Å². The van der Waals surface area contributed by atoms with Gasteiger partial charge in [-0.25, -0.2) is 0 Å². The highest BCUT2D eigenvalue weighted by Gasteiger charge is 2.30. The van der Waals surface area contributed by atoms with E-state index in [4.69, 9.17) is 5.73 Å². The molecule has 3 nitrogen and oxygen atoms in total. The first-order valence-corrected chi connectivity index (χ1v) is 6.92. The summed E-state index contributed by atoms with van der Waals surface area (Å²) in [5, 5.41) is 0. The molecule has 0 aromatic rings. The standard InChI is InChI=1S/C13H27N3/c1-11(2)15-7-9-16(10-8-15)13-6-4-3-5-12(13)14/h11-13H,3-10,14H2,1-2H3/t12-,13?/m0/s1. The van der Waals surface area contributed by atoms with Gasteiger partial charge >= 0.3 is 0 Å². The Labute approximate surface area is 100.0 Å². The van der Waals surface area contributed by atoms with Crippen LogP contribution in [0.4, 0.5) is 0 Å². The summed E-state index contributed by atoms with van der Waals surface area (Å²) < 4.78 is 0. The van der Waals surface area contributed by atoms with Crippen LogP contribution >= 0.6 is 0 Å². The summed E-state index contributed by atoms with van der Waals surface area (Å²) in [6, 6.07) is 1.80. The molecule has 3 heteroatoms. The molecule has 2 atom stereocenters. The first-order valence-electron chi connectivity index (χ1n) is 6.92. The molecule has 2 rings (SSSR count). The van der Waals surface area contributed by atoms with Crippen LogP contribution in [-0.2, 0) is 0 Å². The Balaban J connectivity index is 1.83. The Morgan fingerprint density at radius 2 is 1.62 bits per heavy atom. The molecule has 1 aliphatic carbocycles. The molecule has 16 heavy (non-hydrogen) atoms. The van der Waals surface area contributed by atoms with Crippen molar-refractivity contribution in [1.29, 1.82) is 0 Å². The molecule has 0 aromatic heterocycles. The summed E-state index contributed by atoms with van der Waals surface area (Å²) in [6.45, 7) is 9.47. The lowest BCUT2D eigenvalue weighted by molar-refractivity contribution is 0.0564. The van der Waals surface area contributed by atoms with Crippen molar-refractivity contribution < 1.29 is 0 Å². The van der Waals surface area contributed by atoms with Gasteiger partial charge in [0.2, 0.25) is 0 Å². The molecule has 1 heterocycles. The molecular formula is C13H27N3. The van der Waals surface area contributed by atoms with Crippen LogP contribution in [0.15, 0.2) is 0 Å². The van der Waals surface area contributed by atoms with Gasteiger partial charge < -0.3 is 5.73 Å². The normalized spacial score (nSPS) is 34.5. The van der Waals surface area contributed by atoms with Crippen LogP contribution in [0.3, 0.4) is 0 Å². The fourth-order valence-corrected chi connectivity index (χ4v) is 3.18. The van der Waals surface area contributed by atoms with Crippen LogP contribution in [-0.4, -0.2) is 54.1 Å². The van der Waals surface area contributed by atoms with E-state index in [2.05, 4.69) is 23.6 Å². The van der Waals surface area contributed by atoms with E-state index in [1.807, 2.05) is 0 Å². The summed E-state index contributed by atoms with van der Waals surface area (Å²) in [6.07, 6.45) is 5.27. The van der Waals surface area contributed by atoms with Gasteiger partial charge in [0, 0.05) is 44.3 Å². The average molecular weight is 225 g/mol. The van der Waals surface area contributed by atoms with E-state index in [1.54, 1.807) is 0 Å². The van der Waals surface area contributed by atoms with E-state index in [0.717, 1.165) is 0 Å². The molecule has 2 N–H and O–H groups in total. The number of rotatable bonds is 2. The van der Waals surface area contributed by atoms with E-state index in [9.17, 15) is 0 Å². The fraction of sp³-hybridized carbons (Fsp3) is 1.00. The maximum Gasteiger partial charge on any atom is 0.0248 e. The van der Waals surface area contributed by atoms with Crippen LogP contribution in [0, 0.1) is 0 Å². The second-order valence-electron chi connectivity index (χ2n) is 5.68. The molecule has 1 aliphatic heterocycles. The number of hydrogen-bond donors (Lipinski definition) is 1. The van der Waals surface area contributed by atoms with Crippen LogP contribution in [0.1, 0.15) is 39.5 Å². The summed E-state index contributed by atoms with van der Waals surface area (Å²) in [7, 11) is 0. The summed E-state index contributed by atoms with van der Waals surface area (Å²) in [5.41, 5.74) is 6.25. The smallest absolute Gasteiger partial charge is 0.0248 e. The molecule has 1 unspecified atom stereocenters. The third-order valence-corrected chi connectivity index (χ3v) is 4.33. The van der Waals surface area contributed by atoms with Crippen molar-refractivity contribution in [2.75, 3.05) is 26.2 Å². The van der Waals surface area contributed by atoms with E-state index in [0.29, 0.717) is 18.1 Å². The van der Waals surface area contributed by atoms with Crippen LogP contribution < -0.4 is 5.73 Å². The first kappa shape index (κ1) is 12.3. The number of hydrogen-bond acceptors (Lipinski definition) is 3. The van der Waals surface area contributed by atoms with Crippen molar-refractivity contribution in [3.8, 4) is 0 Å². The van der Waals surface area contributed by atoms with Crippen LogP contribution in [0.2, 0.25) is 0 Å². The molecule has 2 fully saturated rings. The largest absolute Gasteiger partial charge is 0.326 e. The first-order chi connectivity index (χ1) is 7.68. The van der Waals surface area contributed by atoms with Crippen molar-refractivity contribution >= 4 is 0 Å². The summed E-state index contributed by atoms with van der Waals surface area (Å²) in [4.78, 5) is 5.22. The predicted octanol–water partition coefficient (Wildman–Crippen LogP) is 1.28. The predicted molar refractivity (Wildman–Crippen MR) is 68.5 cm³/mol. The lowest BCUT2D eigenvalue weighted by Crippen LogP contribution is -2.57. The molecule has 0 radical (unpaired) electrons. The molecule has 1 saturated carbocycles. The van der Waals surface area contributed by atoms with Gasteiger partial charge in [-0.2, -0.15) is 0 Å². The zero-order valence-corrected chi connectivity index (χ0v) is 10.9. The van der Waals surface area contributed by atoms with Crippen molar-refractivity contribution in [2.24, 2.45) is 5.73 Å². The minimum atomic E-state index is 0.430. The van der Waals surface area contributed by atoms with Crippen LogP contribution in [0.5, 0.6) is 0 Å². The Kier molecular flexibility index (Phi) is 4.22. The molecule has 0 spiro atoms.